The molecule has 1 aliphatic carbocycles. The monoisotopic (exact) mass is 232 g/mol. The second-order valence-electron chi connectivity index (χ2n) is 4.04. The number of carbonyl (C=O) groups is 1. The normalized spacial score (nSPS) is 14.9. The molecule has 0 fully saturated rings. The van der Waals surface area contributed by atoms with Gasteiger partial charge in [0.15, 0.2) is 0 Å². The summed E-state index contributed by atoms with van der Waals surface area (Å²) in [6.45, 7) is 0. The fourth-order valence-electron chi connectivity index (χ4n) is 1.95. The number of carbonyl (C=O) groups excluding carboxylic acids is 1. The number of amides is 1. The first-order valence-electron chi connectivity index (χ1n) is 5.60. The molecule has 1 aliphatic rings. The minimum Gasteiger partial charge on any atom is -0.496 e. The summed E-state index contributed by atoms with van der Waals surface area (Å²) in [6, 6.07) is 5.37. The van der Waals surface area contributed by atoms with Crippen LogP contribution in [0.3, 0.4) is 0 Å². The Morgan fingerprint density at radius 3 is 2.76 bits per heavy atom. The highest BCUT2D eigenvalue weighted by molar-refractivity contribution is 6.02. The molecule has 0 radical (unpaired) electrons. The van der Waals surface area contributed by atoms with Crippen molar-refractivity contribution in [3.63, 3.8) is 0 Å². The van der Waals surface area contributed by atoms with Crippen molar-refractivity contribution < 1.29 is 9.53 Å². The van der Waals surface area contributed by atoms with E-state index in [0.717, 1.165) is 12.8 Å². The average molecular weight is 232 g/mol. The molecule has 1 aromatic carbocycles. The number of rotatable bonds is 3. The number of hydrogen-bond donors (Lipinski definition) is 2. The smallest absolute Gasteiger partial charge is 0.257 e. The lowest BCUT2D eigenvalue weighted by molar-refractivity contribution is 0.0937. The SMILES string of the molecule is COc1cccc(N)c1C(=O)NC1CC=CC1. The summed E-state index contributed by atoms with van der Waals surface area (Å²) >= 11 is 0. The van der Waals surface area contributed by atoms with E-state index in [4.69, 9.17) is 10.5 Å². The maximum atomic E-state index is 12.1. The number of nitrogens with two attached hydrogens (primary N) is 1. The van der Waals surface area contributed by atoms with Crippen LogP contribution in [0.1, 0.15) is 23.2 Å². The lowest BCUT2D eigenvalue weighted by Crippen LogP contribution is -2.33. The molecule has 0 bridgehead atoms. The molecule has 4 nitrogen and oxygen atoms in total. The van der Waals surface area contributed by atoms with Gasteiger partial charge in [0.05, 0.1) is 7.11 Å². The van der Waals surface area contributed by atoms with E-state index in [-0.39, 0.29) is 11.9 Å². The molecule has 3 N–H and O–H groups in total. The van der Waals surface area contributed by atoms with Gasteiger partial charge >= 0.3 is 0 Å². The summed E-state index contributed by atoms with van der Waals surface area (Å²) in [5, 5.41) is 2.95. The van der Waals surface area contributed by atoms with Crippen molar-refractivity contribution in [1.82, 2.24) is 5.32 Å². The molecule has 0 aliphatic heterocycles. The van der Waals surface area contributed by atoms with Gasteiger partial charge < -0.3 is 15.8 Å². The molecule has 0 saturated heterocycles. The summed E-state index contributed by atoms with van der Waals surface area (Å²) < 4.78 is 5.16. The van der Waals surface area contributed by atoms with Gasteiger partial charge in [0.2, 0.25) is 0 Å². The molecule has 0 atom stereocenters. The molecule has 0 saturated carbocycles. The zero-order valence-corrected chi connectivity index (χ0v) is 9.77. The van der Waals surface area contributed by atoms with Crippen LogP contribution < -0.4 is 15.8 Å². The maximum Gasteiger partial charge on any atom is 0.257 e. The third kappa shape index (κ3) is 2.41. The van der Waals surface area contributed by atoms with E-state index in [2.05, 4.69) is 17.5 Å². The molecular formula is C13H16N2O2. The van der Waals surface area contributed by atoms with Gasteiger partial charge in [0.1, 0.15) is 11.3 Å². The molecule has 17 heavy (non-hydrogen) atoms. The third-order valence-corrected chi connectivity index (χ3v) is 2.85. The van der Waals surface area contributed by atoms with Crippen molar-refractivity contribution in [3.8, 4) is 5.75 Å². The lowest BCUT2D eigenvalue weighted by atomic mass is 10.1. The topological polar surface area (TPSA) is 64.3 Å². The fraction of sp³-hybridized carbons (Fsp3) is 0.308. The highest BCUT2D eigenvalue weighted by atomic mass is 16.5. The zero-order chi connectivity index (χ0) is 12.3. The largest absolute Gasteiger partial charge is 0.496 e. The standard InChI is InChI=1S/C13H16N2O2/c1-17-11-8-4-7-10(14)12(11)13(16)15-9-5-2-3-6-9/h2-4,7-9H,5-6,14H2,1H3,(H,15,16). The Morgan fingerprint density at radius 2 is 2.12 bits per heavy atom. The highest BCUT2D eigenvalue weighted by Crippen LogP contribution is 2.24. The van der Waals surface area contributed by atoms with E-state index in [9.17, 15) is 4.79 Å². The lowest BCUT2D eigenvalue weighted by Gasteiger charge is -2.15. The fourth-order valence-corrected chi connectivity index (χ4v) is 1.95. The molecule has 2 rings (SSSR count). The van der Waals surface area contributed by atoms with Crippen LogP contribution in [0.2, 0.25) is 0 Å². The molecule has 90 valence electrons. The second kappa shape index (κ2) is 4.91. The van der Waals surface area contributed by atoms with Crippen molar-refractivity contribution in [3.05, 3.63) is 35.9 Å². The Morgan fingerprint density at radius 1 is 1.41 bits per heavy atom. The van der Waals surface area contributed by atoms with Crippen LogP contribution in [0.25, 0.3) is 0 Å². The molecule has 1 amide bonds. The number of ether oxygens (including phenoxy) is 1. The van der Waals surface area contributed by atoms with Crippen LogP contribution in [0, 0.1) is 0 Å². The quantitative estimate of drug-likeness (QED) is 0.616. The van der Waals surface area contributed by atoms with Gasteiger partial charge in [-0.25, -0.2) is 0 Å². The van der Waals surface area contributed by atoms with Crippen molar-refractivity contribution in [1.29, 1.82) is 0 Å². The van der Waals surface area contributed by atoms with Gasteiger partial charge in [-0.15, -0.1) is 0 Å². The van der Waals surface area contributed by atoms with Gasteiger partial charge in [0, 0.05) is 11.7 Å². The summed E-state index contributed by atoms with van der Waals surface area (Å²) in [4.78, 5) is 12.1. The number of methoxy groups -OCH3 is 1. The Labute approximate surface area is 100 Å². The summed E-state index contributed by atoms with van der Waals surface area (Å²) in [6.07, 6.45) is 5.88. The van der Waals surface area contributed by atoms with Crippen molar-refractivity contribution in [2.45, 2.75) is 18.9 Å². The molecule has 0 spiro atoms. The highest BCUT2D eigenvalue weighted by Gasteiger charge is 2.19. The van der Waals surface area contributed by atoms with Crippen LogP contribution in [0.4, 0.5) is 5.69 Å². The average Bonchev–Trinajstić information content (AvgIpc) is 2.81. The molecule has 4 heteroatoms. The number of nitrogen functional groups attached to an aromatic ring is 1. The summed E-state index contributed by atoms with van der Waals surface area (Å²) in [5.74, 6) is 0.335. The van der Waals surface area contributed by atoms with E-state index in [1.54, 1.807) is 18.2 Å². The Kier molecular flexibility index (Phi) is 3.32. The Bertz CT molecular complexity index is 447. The molecule has 0 aromatic heterocycles. The van der Waals surface area contributed by atoms with Crippen LogP contribution in [-0.2, 0) is 0 Å². The van der Waals surface area contributed by atoms with Crippen LogP contribution >= 0.6 is 0 Å². The Balaban J connectivity index is 2.17. The summed E-state index contributed by atoms with van der Waals surface area (Å²) in [5.41, 5.74) is 6.67. The van der Waals surface area contributed by atoms with Gasteiger partial charge in [-0.3, -0.25) is 4.79 Å². The predicted molar refractivity (Wildman–Crippen MR) is 67.0 cm³/mol. The first-order valence-corrected chi connectivity index (χ1v) is 5.60. The molecule has 0 unspecified atom stereocenters. The summed E-state index contributed by atoms with van der Waals surface area (Å²) in [7, 11) is 1.53. The number of hydrogen-bond acceptors (Lipinski definition) is 3. The van der Waals surface area contributed by atoms with Crippen molar-refractivity contribution >= 4 is 11.6 Å². The zero-order valence-electron chi connectivity index (χ0n) is 9.77. The van der Waals surface area contributed by atoms with E-state index in [1.807, 2.05) is 0 Å². The van der Waals surface area contributed by atoms with E-state index >= 15 is 0 Å². The maximum absolute atomic E-state index is 12.1. The molecular weight excluding hydrogens is 216 g/mol. The van der Waals surface area contributed by atoms with Crippen molar-refractivity contribution in [2.24, 2.45) is 0 Å². The first-order chi connectivity index (χ1) is 8.22. The van der Waals surface area contributed by atoms with Crippen molar-refractivity contribution in [2.75, 3.05) is 12.8 Å². The van der Waals surface area contributed by atoms with Gasteiger partial charge in [-0.05, 0) is 25.0 Å². The second-order valence-corrected chi connectivity index (χ2v) is 4.04. The van der Waals surface area contributed by atoms with Crippen LogP contribution in [-0.4, -0.2) is 19.1 Å². The van der Waals surface area contributed by atoms with E-state index in [1.165, 1.54) is 7.11 Å². The van der Waals surface area contributed by atoms with E-state index < -0.39 is 0 Å². The van der Waals surface area contributed by atoms with Crippen LogP contribution in [0.5, 0.6) is 5.75 Å². The number of benzene rings is 1. The Hall–Kier alpha value is -1.97. The third-order valence-electron chi connectivity index (χ3n) is 2.85. The van der Waals surface area contributed by atoms with Crippen LogP contribution in [0.15, 0.2) is 30.4 Å². The first kappa shape index (κ1) is 11.5. The van der Waals surface area contributed by atoms with E-state index in [0.29, 0.717) is 17.0 Å². The molecule has 0 heterocycles. The minimum atomic E-state index is -0.173. The molecule has 1 aromatic rings. The predicted octanol–water partition coefficient (Wildman–Crippen LogP) is 1.73. The van der Waals surface area contributed by atoms with Gasteiger partial charge in [-0.2, -0.15) is 0 Å². The minimum absolute atomic E-state index is 0.173. The van der Waals surface area contributed by atoms with Gasteiger partial charge in [0.25, 0.3) is 5.91 Å². The number of anilines is 1. The van der Waals surface area contributed by atoms with Gasteiger partial charge in [-0.1, -0.05) is 18.2 Å². The number of nitrogens with one attached hydrogen (secondary N) is 1.